The molecule has 0 rings (SSSR count). The van der Waals surface area contributed by atoms with Crippen LogP contribution in [-0.4, -0.2) is 8.80 Å². The first kappa shape index (κ1) is 7.71. The minimum absolute atomic E-state index is 0.168. The summed E-state index contributed by atoms with van der Waals surface area (Å²) in [5.41, 5.74) is 0. The minimum atomic E-state index is -0.168. The number of nitrogens with zero attached hydrogens (tertiary/aromatic N) is 1. The smallest absolute Gasteiger partial charge is 0.0649 e. The van der Waals surface area contributed by atoms with Crippen LogP contribution in [0.5, 0.6) is 0 Å². The fourth-order valence-electron chi connectivity index (χ4n) is 0.658. The van der Waals surface area contributed by atoms with Crippen molar-refractivity contribution in [2.24, 2.45) is 5.92 Å². The average Bonchev–Trinajstić information content (AvgIpc) is 1.65. The highest BCUT2D eigenvalue weighted by Crippen LogP contribution is 2.03. The minimum Gasteiger partial charge on any atom is -0.198 e. The van der Waals surface area contributed by atoms with Crippen LogP contribution in [0.25, 0.3) is 0 Å². The van der Waals surface area contributed by atoms with Crippen LogP contribution in [0.2, 0.25) is 19.1 Å². The van der Waals surface area contributed by atoms with Crippen molar-refractivity contribution in [3.8, 4) is 6.07 Å². The summed E-state index contributed by atoms with van der Waals surface area (Å²) in [6.07, 6.45) is 0. The molecule has 0 aromatic rings. The SMILES string of the molecule is CC(C#N)C[Si](C)C. The highest BCUT2D eigenvalue weighted by molar-refractivity contribution is 6.55. The van der Waals surface area contributed by atoms with E-state index in [1.807, 2.05) is 6.92 Å². The van der Waals surface area contributed by atoms with Gasteiger partial charge >= 0.3 is 0 Å². The molecule has 0 N–H and O–H groups in total. The lowest BCUT2D eigenvalue weighted by molar-refractivity contribution is 0.836. The maximum Gasteiger partial charge on any atom is 0.0649 e. The largest absolute Gasteiger partial charge is 0.198 e. The van der Waals surface area contributed by atoms with Gasteiger partial charge in [-0.05, 0) is 13.0 Å². The first-order chi connectivity index (χ1) is 3.66. The Kier molecular flexibility index (Phi) is 3.54. The van der Waals surface area contributed by atoms with Crippen LogP contribution in [0.15, 0.2) is 0 Å². The highest BCUT2D eigenvalue weighted by atomic mass is 28.3. The molecule has 0 aromatic carbocycles. The Morgan fingerprint density at radius 2 is 2.12 bits per heavy atom. The summed E-state index contributed by atoms with van der Waals surface area (Å²) in [5, 5.41) is 8.35. The molecule has 0 aliphatic carbocycles. The van der Waals surface area contributed by atoms with E-state index >= 15 is 0 Å². The molecule has 1 atom stereocenters. The lowest BCUT2D eigenvalue weighted by Gasteiger charge is -2.01. The van der Waals surface area contributed by atoms with Crippen LogP contribution in [-0.2, 0) is 0 Å². The second kappa shape index (κ2) is 3.68. The second-order valence-corrected chi connectivity index (χ2v) is 5.26. The van der Waals surface area contributed by atoms with Crippen molar-refractivity contribution in [2.75, 3.05) is 0 Å². The van der Waals surface area contributed by atoms with E-state index in [0.717, 1.165) is 6.04 Å². The zero-order chi connectivity index (χ0) is 6.57. The van der Waals surface area contributed by atoms with Crippen LogP contribution in [0.4, 0.5) is 0 Å². The Balaban J connectivity index is 3.28. The van der Waals surface area contributed by atoms with Gasteiger partial charge in [-0.1, -0.05) is 13.1 Å². The summed E-state index contributed by atoms with van der Waals surface area (Å²) in [6.45, 7) is 6.45. The van der Waals surface area contributed by atoms with E-state index in [-0.39, 0.29) is 14.7 Å². The highest BCUT2D eigenvalue weighted by Gasteiger charge is 2.02. The van der Waals surface area contributed by atoms with Crippen LogP contribution >= 0.6 is 0 Å². The van der Waals surface area contributed by atoms with E-state index < -0.39 is 0 Å². The quantitative estimate of drug-likeness (QED) is 0.518. The molecule has 45 valence electrons. The Bertz CT molecular complexity index is 93.2. The molecule has 0 saturated heterocycles. The molecule has 1 nitrogen and oxygen atoms in total. The van der Waals surface area contributed by atoms with Crippen LogP contribution in [0, 0.1) is 17.2 Å². The summed E-state index contributed by atoms with van der Waals surface area (Å²) in [7, 11) is -0.168. The summed E-state index contributed by atoms with van der Waals surface area (Å²) >= 11 is 0. The monoisotopic (exact) mass is 126 g/mol. The lowest BCUT2D eigenvalue weighted by Crippen LogP contribution is -2.04. The van der Waals surface area contributed by atoms with E-state index in [1.54, 1.807) is 0 Å². The maximum atomic E-state index is 8.35. The summed E-state index contributed by atoms with van der Waals surface area (Å²) in [4.78, 5) is 0. The molecule has 0 amide bonds. The van der Waals surface area contributed by atoms with Gasteiger partial charge in [0.2, 0.25) is 0 Å². The molecule has 0 spiro atoms. The van der Waals surface area contributed by atoms with E-state index in [4.69, 9.17) is 5.26 Å². The van der Waals surface area contributed by atoms with Gasteiger partial charge in [-0.2, -0.15) is 5.26 Å². The molecule has 0 aliphatic rings. The number of hydrogen-bond acceptors (Lipinski definition) is 1. The average molecular weight is 126 g/mol. The van der Waals surface area contributed by atoms with Crippen molar-refractivity contribution in [3.63, 3.8) is 0 Å². The predicted molar refractivity (Wildman–Crippen MR) is 37.1 cm³/mol. The Morgan fingerprint density at radius 3 is 2.25 bits per heavy atom. The van der Waals surface area contributed by atoms with Crippen molar-refractivity contribution in [2.45, 2.75) is 26.1 Å². The van der Waals surface area contributed by atoms with Crippen molar-refractivity contribution in [1.82, 2.24) is 0 Å². The summed E-state index contributed by atoms with van der Waals surface area (Å²) < 4.78 is 0. The van der Waals surface area contributed by atoms with Crippen molar-refractivity contribution >= 4 is 8.80 Å². The fourth-order valence-corrected chi connectivity index (χ4v) is 1.97. The molecule has 0 saturated carbocycles. The molecule has 0 aliphatic heterocycles. The molecular weight excluding hydrogens is 114 g/mol. The fraction of sp³-hybridized carbons (Fsp3) is 0.833. The summed E-state index contributed by atoms with van der Waals surface area (Å²) in [6, 6.07) is 3.35. The van der Waals surface area contributed by atoms with Crippen LogP contribution in [0.3, 0.4) is 0 Å². The van der Waals surface area contributed by atoms with Gasteiger partial charge in [0.05, 0.1) is 6.07 Å². The number of rotatable bonds is 2. The third kappa shape index (κ3) is 3.88. The first-order valence-corrected chi connectivity index (χ1v) is 5.56. The maximum absolute atomic E-state index is 8.35. The van der Waals surface area contributed by atoms with Crippen LogP contribution in [0.1, 0.15) is 6.92 Å². The van der Waals surface area contributed by atoms with Gasteiger partial charge < -0.3 is 0 Å². The lowest BCUT2D eigenvalue weighted by atomic mass is 10.3. The van der Waals surface area contributed by atoms with Gasteiger partial charge in [0.25, 0.3) is 0 Å². The van der Waals surface area contributed by atoms with E-state index in [1.165, 1.54) is 0 Å². The normalized spacial score (nSPS) is 13.4. The van der Waals surface area contributed by atoms with Gasteiger partial charge in [0.1, 0.15) is 0 Å². The van der Waals surface area contributed by atoms with Gasteiger partial charge in [-0.15, -0.1) is 0 Å². The van der Waals surface area contributed by atoms with Crippen molar-refractivity contribution in [1.29, 1.82) is 5.26 Å². The molecule has 0 fully saturated rings. The van der Waals surface area contributed by atoms with E-state index in [9.17, 15) is 0 Å². The molecule has 8 heavy (non-hydrogen) atoms. The van der Waals surface area contributed by atoms with Gasteiger partial charge in [0.15, 0.2) is 0 Å². The zero-order valence-corrected chi connectivity index (χ0v) is 6.73. The number of hydrogen-bond donors (Lipinski definition) is 0. The Hall–Kier alpha value is -0.293. The van der Waals surface area contributed by atoms with Gasteiger partial charge in [-0.25, -0.2) is 0 Å². The molecule has 1 radical (unpaired) electrons. The third-order valence-electron chi connectivity index (χ3n) is 0.935. The van der Waals surface area contributed by atoms with E-state index in [2.05, 4.69) is 19.2 Å². The molecular formula is C6H12NSi. The first-order valence-electron chi connectivity index (χ1n) is 2.85. The van der Waals surface area contributed by atoms with Gasteiger partial charge in [-0.3, -0.25) is 0 Å². The summed E-state index contributed by atoms with van der Waals surface area (Å²) in [5.74, 6) is 0.277. The number of nitriles is 1. The second-order valence-electron chi connectivity index (χ2n) is 2.44. The Morgan fingerprint density at radius 1 is 1.62 bits per heavy atom. The van der Waals surface area contributed by atoms with Crippen molar-refractivity contribution in [3.05, 3.63) is 0 Å². The molecule has 0 bridgehead atoms. The zero-order valence-electron chi connectivity index (χ0n) is 5.73. The standard InChI is InChI=1S/C6H12NSi/c1-6(4-7)5-8(2)3/h6H,5H2,1-3H3. The molecule has 2 heteroatoms. The topological polar surface area (TPSA) is 23.8 Å². The molecule has 1 unspecified atom stereocenters. The predicted octanol–water partition coefficient (Wildman–Crippen LogP) is 1.90. The van der Waals surface area contributed by atoms with Gasteiger partial charge in [0, 0.05) is 14.7 Å². The molecule has 0 heterocycles. The Labute approximate surface area is 52.9 Å². The van der Waals surface area contributed by atoms with Crippen molar-refractivity contribution < 1.29 is 0 Å². The van der Waals surface area contributed by atoms with Crippen LogP contribution < -0.4 is 0 Å². The third-order valence-corrected chi connectivity index (χ3v) is 2.36. The molecule has 0 aromatic heterocycles. The van der Waals surface area contributed by atoms with E-state index in [0.29, 0.717) is 0 Å².